The van der Waals surface area contributed by atoms with Crippen LogP contribution in [0.5, 0.6) is 0 Å². The summed E-state index contributed by atoms with van der Waals surface area (Å²) in [7, 11) is -3.73. The standard InChI is InChI=1S/C20H22O3S/c1-15-7-9-18(10-8-15)24(21,22)23-19-13-16-11-12-20(19,14-16)17-5-3-2-4-6-17/h2-10,16,19H,11-14H2,1H3. The molecule has 0 aromatic heterocycles. The summed E-state index contributed by atoms with van der Waals surface area (Å²) in [6, 6.07) is 17.2. The van der Waals surface area contributed by atoms with Gasteiger partial charge in [0.15, 0.2) is 0 Å². The van der Waals surface area contributed by atoms with E-state index in [1.165, 1.54) is 12.0 Å². The van der Waals surface area contributed by atoms with Crippen LogP contribution < -0.4 is 0 Å². The Balaban J connectivity index is 1.65. The van der Waals surface area contributed by atoms with Crippen molar-refractivity contribution in [3.63, 3.8) is 0 Å². The zero-order valence-electron chi connectivity index (χ0n) is 13.8. The molecule has 24 heavy (non-hydrogen) atoms. The molecule has 4 rings (SSSR count). The number of aryl methyl sites for hydroxylation is 1. The molecule has 0 aliphatic heterocycles. The fraction of sp³-hybridized carbons (Fsp3) is 0.400. The van der Waals surface area contributed by atoms with Gasteiger partial charge in [-0.3, -0.25) is 4.18 Å². The van der Waals surface area contributed by atoms with Crippen molar-refractivity contribution in [3.8, 4) is 0 Å². The highest BCUT2D eigenvalue weighted by molar-refractivity contribution is 7.86. The highest BCUT2D eigenvalue weighted by atomic mass is 32.2. The van der Waals surface area contributed by atoms with Crippen LogP contribution in [0.1, 0.15) is 36.8 Å². The molecule has 2 aliphatic rings. The number of rotatable bonds is 4. The van der Waals surface area contributed by atoms with Crippen LogP contribution >= 0.6 is 0 Å². The van der Waals surface area contributed by atoms with E-state index in [4.69, 9.17) is 4.18 Å². The van der Waals surface area contributed by atoms with E-state index in [2.05, 4.69) is 12.1 Å². The molecule has 3 nitrogen and oxygen atoms in total. The van der Waals surface area contributed by atoms with Crippen LogP contribution in [0.2, 0.25) is 0 Å². The zero-order valence-corrected chi connectivity index (χ0v) is 14.6. The van der Waals surface area contributed by atoms with E-state index in [0.717, 1.165) is 24.8 Å². The lowest BCUT2D eigenvalue weighted by atomic mass is 9.76. The van der Waals surface area contributed by atoms with E-state index in [-0.39, 0.29) is 16.4 Å². The molecular formula is C20H22O3S. The van der Waals surface area contributed by atoms with E-state index in [1.54, 1.807) is 12.1 Å². The molecular weight excluding hydrogens is 320 g/mol. The molecule has 2 aliphatic carbocycles. The Labute approximate surface area is 143 Å². The largest absolute Gasteiger partial charge is 0.297 e. The summed E-state index contributed by atoms with van der Waals surface area (Å²) < 4.78 is 31.2. The second-order valence-electron chi connectivity index (χ2n) is 7.22. The summed E-state index contributed by atoms with van der Waals surface area (Å²) in [5.74, 6) is 0.573. The summed E-state index contributed by atoms with van der Waals surface area (Å²) >= 11 is 0. The predicted octanol–water partition coefficient (Wildman–Crippen LogP) is 4.21. The Morgan fingerprint density at radius 3 is 2.42 bits per heavy atom. The third kappa shape index (κ3) is 2.58. The third-order valence-corrected chi connectivity index (χ3v) is 7.05. The minimum Gasteiger partial charge on any atom is -0.262 e. The molecule has 2 aromatic carbocycles. The molecule has 2 saturated carbocycles. The summed E-state index contributed by atoms with van der Waals surface area (Å²) in [5.41, 5.74) is 2.10. The first-order chi connectivity index (χ1) is 11.5. The SMILES string of the molecule is Cc1ccc(S(=O)(=O)OC2CC3CCC2(c2ccccc2)C3)cc1. The van der Waals surface area contributed by atoms with Crippen molar-refractivity contribution in [2.24, 2.45) is 5.92 Å². The molecule has 0 radical (unpaired) electrons. The van der Waals surface area contributed by atoms with Crippen LogP contribution in [0, 0.1) is 12.8 Å². The summed E-state index contributed by atoms with van der Waals surface area (Å²) in [5, 5.41) is 0. The topological polar surface area (TPSA) is 43.4 Å². The molecule has 0 spiro atoms. The monoisotopic (exact) mass is 342 g/mol. The molecule has 0 amide bonds. The second-order valence-corrected chi connectivity index (χ2v) is 8.79. The molecule has 4 heteroatoms. The van der Waals surface area contributed by atoms with E-state index >= 15 is 0 Å². The maximum atomic E-state index is 12.7. The minimum atomic E-state index is -3.73. The first-order valence-corrected chi connectivity index (χ1v) is 9.96. The van der Waals surface area contributed by atoms with Gasteiger partial charge < -0.3 is 0 Å². The molecule has 3 unspecified atom stereocenters. The van der Waals surface area contributed by atoms with E-state index in [0.29, 0.717) is 5.92 Å². The smallest absolute Gasteiger partial charge is 0.262 e. The Morgan fingerprint density at radius 2 is 1.75 bits per heavy atom. The van der Waals surface area contributed by atoms with Gasteiger partial charge >= 0.3 is 0 Å². The normalized spacial score (nSPS) is 29.0. The Morgan fingerprint density at radius 1 is 1.04 bits per heavy atom. The van der Waals surface area contributed by atoms with Crippen LogP contribution in [0.25, 0.3) is 0 Å². The van der Waals surface area contributed by atoms with Crippen molar-refractivity contribution in [2.45, 2.75) is 49.0 Å². The molecule has 126 valence electrons. The summed E-state index contributed by atoms with van der Waals surface area (Å²) in [4.78, 5) is 0.249. The van der Waals surface area contributed by atoms with Crippen molar-refractivity contribution in [2.75, 3.05) is 0 Å². The zero-order chi connectivity index (χ0) is 16.8. The van der Waals surface area contributed by atoms with Gasteiger partial charge in [0.25, 0.3) is 10.1 Å². The van der Waals surface area contributed by atoms with E-state index < -0.39 is 10.1 Å². The predicted molar refractivity (Wildman–Crippen MR) is 93.3 cm³/mol. The lowest BCUT2D eigenvalue weighted by molar-refractivity contribution is 0.120. The van der Waals surface area contributed by atoms with Gasteiger partial charge in [0, 0.05) is 5.41 Å². The molecule has 0 heterocycles. The van der Waals surface area contributed by atoms with Gasteiger partial charge in [0.05, 0.1) is 11.0 Å². The van der Waals surface area contributed by atoms with Crippen LogP contribution in [0.3, 0.4) is 0 Å². The molecule has 0 saturated heterocycles. The highest BCUT2D eigenvalue weighted by Crippen LogP contribution is 2.57. The lowest BCUT2D eigenvalue weighted by Gasteiger charge is -2.35. The van der Waals surface area contributed by atoms with Gasteiger partial charge in [-0.15, -0.1) is 0 Å². The quantitative estimate of drug-likeness (QED) is 0.782. The number of hydrogen-bond acceptors (Lipinski definition) is 3. The van der Waals surface area contributed by atoms with Gasteiger partial charge in [0.2, 0.25) is 0 Å². The number of fused-ring (bicyclic) bond motifs is 2. The Kier molecular flexibility index (Phi) is 3.77. The molecule has 0 N–H and O–H groups in total. The van der Waals surface area contributed by atoms with Gasteiger partial charge in [-0.05, 0) is 56.2 Å². The van der Waals surface area contributed by atoms with E-state index in [9.17, 15) is 8.42 Å². The maximum Gasteiger partial charge on any atom is 0.297 e. The van der Waals surface area contributed by atoms with Crippen LogP contribution in [-0.4, -0.2) is 14.5 Å². The van der Waals surface area contributed by atoms with Crippen molar-refractivity contribution in [1.82, 2.24) is 0 Å². The van der Waals surface area contributed by atoms with Gasteiger partial charge in [-0.25, -0.2) is 0 Å². The Hall–Kier alpha value is -1.65. The average Bonchev–Trinajstić information content (AvgIpc) is 3.15. The van der Waals surface area contributed by atoms with Crippen LogP contribution in [0.4, 0.5) is 0 Å². The highest BCUT2D eigenvalue weighted by Gasteiger charge is 2.55. The van der Waals surface area contributed by atoms with Gasteiger partial charge in [-0.2, -0.15) is 8.42 Å². The number of benzene rings is 2. The first kappa shape index (κ1) is 15.9. The second kappa shape index (κ2) is 5.71. The van der Waals surface area contributed by atoms with Crippen molar-refractivity contribution in [1.29, 1.82) is 0 Å². The summed E-state index contributed by atoms with van der Waals surface area (Å²) in [6.45, 7) is 1.94. The third-order valence-electron chi connectivity index (χ3n) is 5.72. The molecule has 2 bridgehead atoms. The maximum absolute atomic E-state index is 12.7. The van der Waals surface area contributed by atoms with Crippen molar-refractivity contribution in [3.05, 3.63) is 65.7 Å². The van der Waals surface area contributed by atoms with Crippen molar-refractivity contribution >= 4 is 10.1 Å². The molecule has 2 fully saturated rings. The Bertz CT molecular complexity index is 827. The average molecular weight is 342 g/mol. The fourth-order valence-electron chi connectivity index (χ4n) is 4.47. The molecule has 2 aromatic rings. The lowest BCUT2D eigenvalue weighted by Crippen LogP contribution is -2.38. The summed E-state index contributed by atoms with van der Waals surface area (Å²) in [6.07, 6.45) is 3.78. The first-order valence-electron chi connectivity index (χ1n) is 8.55. The van der Waals surface area contributed by atoms with Crippen LogP contribution in [0.15, 0.2) is 59.5 Å². The van der Waals surface area contributed by atoms with Gasteiger partial charge in [-0.1, -0.05) is 48.0 Å². The van der Waals surface area contributed by atoms with Crippen molar-refractivity contribution < 1.29 is 12.6 Å². The van der Waals surface area contributed by atoms with Crippen LogP contribution in [-0.2, 0) is 19.7 Å². The fourth-order valence-corrected chi connectivity index (χ4v) is 5.61. The minimum absolute atomic E-state index is 0.149. The van der Waals surface area contributed by atoms with E-state index in [1.807, 2.05) is 37.3 Å². The molecule has 3 atom stereocenters. The number of hydrogen-bond donors (Lipinski definition) is 0. The van der Waals surface area contributed by atoms with Gasteiger partial charge in [0.1, 0.15) is 0 Å².